The highest BCUT2D eigenvalue weighted by Gasteiger charge is 2.15. The molecule has 0 saturated heterocycles. The molecule has 3 nitrogen and oxygen atoms in total. The van der Waals surface area contributed by atoms with E-state index in [4.69, 9.17) is 0 Å². The summed E-state index contributed by atoms with van der Waals surface area (Å²) in [5, 5.41) is 18.4. The van der Waals surface area contributed by atoms with Crippen LogP contribution in [0.25, 0.3) is 0 Å². The lowest BCUT2D eigenvalue weighted by Crippen LogP contribution is -2.30. The van der Waals surface area contributed by atoms with Crippen molar-refractivity contribution in [3.63, 3.8) is 0 Å². The van der Waals surface area contributed by atoms with Crippen molar-refractivity contribution in [2.45, 2.75) is 32.0 Å². The Morgan fingerprint density at radius 1 is 1.36 bits per heavy atom. The molecule has 0 aromatic carbocycles. The first-order valence-electron chi connectivity index (χ1n) is 3.74. The molecule has 0 fully saturated rings. The molecule has 68 valence electrons. The van der Waals surface area contributed by atoms with E-state index >= 15 is 0 Å². The summed E-state index contributed by atoms with van der Waals surface area (Å²) in [4.78, 5) is 0. The molecule has 1 unspecified atom stereocenters. The summed E-state index contributed by atoms with van der Waals surface area (Å²) >= 11 is 0. The monoisotopic (exact) mass is 180 g/mol. The van der Waals surface area contributed by atoms with Crippen LogP contribution in [0.1, 0.15) is 19.8 Å². The van der Waals surface area contributed by atoms with Gasteiger partial charge in [0.15, 0.2) is 0 Å². The summed E-state index contributed by atoms with van der Waals surface area (Å²) in [7, 11) is -1.03. The highest BCUT2D eigenvalue weighted by molar-refractivity contribution is 7.84. The molecular formula is C7H16O3S. The SMILES string of the molecule is CCC[C@@H](O)[C@@H](O)CS(C)=O. The Hall–Kier alpha value is 0.0700. The predicted octanol–water partition coefficient (Wildman–Crippen LogP) is -0.113. The van der Waals surface area contributed by atoms with Crippen molar-refractivity contribution in [3.05, 3.63) is 0 Å². The second-order valence-electron chi connectivity index (χ2n) is 2.66. The molecule has 0 spiro atoms. The predicted molar refractivity (Wildman–Crippen MR) is 45.9 cm³/mol. The first kappa shape index (κ1) is 11.1. The third-order valence-corrected chi connectivity index (χ3v) is 2.24. The summed E-state index contributed by atoms with van der Waals surface area (Å²) in [6.07, 6.45) is 1.36. The van der Waals surface area contributed by atoms with Crippen molar-refractivity contribution < 1.29 is 14.4 Å². The number of aliphatic hydroxyl groups excluding tert-OH is 2. The smallest absolute Gasteiger partial charge is 0.0913 e. The molecule has 4 heteroatoms. The fraction of sp³-hybridized carbons (Fsp3) is 1.00. The van der Waals surface area contributed by atoms with Gasteiger partial charge < -0.3 is 10.2 Å². The molecule has 0 aliphatic carbocycles. The lowest BCUT2D eigenvalue weighted by molar-refractivity contribution is 0.0283. The van der Waals surface area contributed by atoms with Crippen molar-refractivity contribution in [2.24, 2.45) is 0 Å². The molecule has 3 atom stereocenters. The van der Waals surface area contributed by atoms with Gasteiger partial charge in [0.2, 0.25) is 0 Å². The van der Waals surface area contributed by atoms with E-state index in [9.17, 15) is 14.4 Å². The van der Waals surface area contributed by atoms with E-state index in [-0.39, 0.29) is 5.75 Å². The van der Waals surface area contributed by atoms with Gasteiger partial charge in [-0.3, -0.25) is 4.21 Å². The fourth-order valence-corrected chi connectivity index (χ4v) is 1.54. The average molecular weight is 180 g/mol. The van der Waals surface area contributed by atoms with Crippen molar-refractivity contribution in [1.29, 1.82) is 0 Å². The van der Waals surface area contributed by atoms with Crippen LogP contribution in [0.15, 0.2) is 0 Å². The minimum atomic E-state index is -1.03. The van der Waals surface area contributed by atoms with E-state index in [1.807, 2.05) is 6.92 Å². The zero-order chi connectivity index (χ0) is 8.85. The van der Waals surface area contributed by atoms with Gasteiger partial charge in [0.1, 0.15) is 0 Å². The van der Waals surface area contributed by atoms with E-state index in [0.29, 0.717) is 6.42 Å². The normalized spacial score (nSPS) is 19.3. The second-order valence-corrected chi connectivity index (χ2v) is 4.14. The molecule has 0 bridgehead atoms. The van der Waals surface area contributed by atoms with E-state index in [2.05, 4.69) is 0 Å². The third kappa shape index (κ3) is 5.35. The van der Waals surface area contributed by atoms with Crippen molar-refractivity contribution in [2.75, 3.05) is 12.0 Å². The largest absolute Gasteiger partial charge is 0.390 e. The topological polar surface area (TPSA) is 57.5 Å². The lowest BCUT2D eigenvalue weighted by atomic mass is 10.1. The zero-order valence-corrected chi connectivity index (χ0v) is 7.80. The molecule has 0 aromatic rings. The van der Waals surface area contributed by atoms with Gasteiger partial charge in [0, 0.05) is 17.1 Å². The summed E-state index contributed by atoms with van der Waals surface area (Å²) in [6, 6.07) is 0. The van der Waals surface area contributed by atoms with Gasteiger partial charge in [-0.05, 0) is 6.42 Å². The molecule has 0 saturated carbocycles. The van der Waals surface area contributed by atoms with Crippen LogP contribution in [0, 0.1) is 0 Å². The molecule has 0 rings (SSSR count). The molecule has 2 N–H and O–H groups in total. The molecule has 0 aromatic heterocycles. The Kier molecular flexibility index (Phi) is 5.72. The van der Waals surface area contributed by atoms with Crippen molar-refractivity contribution in [1.82, 2.24) is 0 Å². The molecule has 0 aliphatic heterocycles. The summed E-state index contributed by atoms with van der Waals surface area (Å²) < 4.78 is 10.6. The van der Waals surface area contributed by atoms with Gasteiger partial charge in [0.25, 0.3) is 0 Å². The zero-order valence-electron chi connectivity index (χ0n) is 6.99. The van der Waals surface area contributed by atoms with Crippen LogP contribution in [-0.2, 0) is 10.8 Å². The lowest BCUT2D eigenvalue weighted by Gasteiger charge is -2.15. The number of hydrogen-bond acceptors (Lipinski definition) is 3. The third-order valence-electron chi connectivity index (χ3n) is 1.43. The van der Waals surface area contributed by atoms with Gasteiger partial charge in [-0.2, -0.15) is 0 Å². The quantitative estimate of drug-likeness (QED) is 0.620. The van der Waals surface area contributed by atoms with E-state index < -0.39 is 23.0 Å². The van der Waals surface area contributed by atoms with E-state index in [1.54, 1.807) is 0 Å². The van der Waals surface area contributed by atoms with Crippen LogP contribution in [0.3, 0.4) is 0 Å². The molecule has 0 heterocycles. The Balaban J connectivity index is 3.63. The highest BCUT2D eigenvalue weighted by Crippen LogP contribution is 2.02. The Morgan fingerprint density at radius 2 is 1.91 bits per heavy atom. The van der Waals surface area contributed by atoms with Gasteiger partial charge in [-0.25, -0.2) is 0 Å². The Morgan fingerprint density at radius 3 is 2.27 bits per heavy atom. The van der Waals surface area contributed by atoms with Gasteiger partial charge in [0.05, 0.1) is 18.0 Å². The van der Waals surface area contributed by atoms with Gasteiger partial charge in [-0.15, -0.1) is 0 Å². The number of aliphatic hydroxyl groups is 2. The van der Waals surface area contributed by atoms with Crippen LogP contribution in [0.2, 0.25) is 0 Å². The summed E-state index contributed by atoms with van der Waals surface area (Å²) in [5.74, 6) is 0.168. The second kappa shape index (κ2) is 5.69. The number of rotatable bonds is 5. The molecule has 0 aliphatic rings. The fourth-order valence-electron chi connectivity index (χ4n) is 0.840. The van der Waals surface area contributed by atoms with Crippen molar-refractivity contribution >= 4 is 10.8 Å². The van der Waals surface area contributed by atoms with Crippen LogP contribution >= 0.6 is 0 Å². The van der Waals surface area contributed by atoms with Crippen LogP contribution < -0.4 is 0 Å². The van der Waals surface area contributed by atoms with E-state index in [1.165, 1.54) is 6.26 Å². The number of hydrogen-bond donors (Lipinski definition) is 2. The average Bonchev–Trinajstić information content (AvgIpc) is 1.86. The first-order valence-corrected chi connectivity index (χ1v) is 5.46. The van der Waals surface area contributed by atoms with Crippen LogP contribution in [0.4, 0.5) is 0 Å². The minimum Gasteiger partial charge on any atom is -0.390 e. The Bertz CT molecular complexity index is 127. The summed E-state index contributed by atoms with van der Waals surface area (Å²) in [6.45, 7) is 1.93. The maximum atomic E-state index is 10.6. The van der Waals surface area contributed by atoms with Crippen molar-refractivity contribution in [3.8, 4) is 0 Å². The summed E-state index contributed by atoms with van der Waals surface area (Å²) in [5.41, 5.74) is 0. The standard InChI is InChI=1S/C7H16O3S/c1-3-4-6(8)7(9)5-11(2)10/h6-9H,3-5H2,1-2H3/t6-,7+,11?/m1/s1. The van der Waals surface area contributed by atoms with Crippen LogP contribution in [0.5, 0.6) is 0 Å². The maximum Gasteiger partial charge on any atom is 0.0913 e. The molecule has 11 heavy (non-hydrogen) atoms. The first-order chi connectivity index (χ1) is 5.07. The molecular weight excluding hydrogens is 164 g/mol. The Labute approximate surface area is 69.9 Å². The van der Waals surface area contributed by atoms with Gasteiger partial charge in [-0.1, -0.05) is 13.3 Å². The minimum absolute atomic E-state index is 0.168. The highest BCUT2D eigenvalue weighted by atomic mass is 32.2. The van der Waals surface area contributed by atoms with E-state index in [0.717, 1.165) is 6.42 Å². The van der Waals surface area contributed by atoms with Crippen LogP contribution in [-0.4, -0.2) is 38.6 Å². The molecule has 0 amide bonds. The molecule has 0 radical (unpaired) electrons. The maximum absolute atomic E-state index is 10.6. The van der Waals surface area contributed by atoms with Gasteiger partial charge >= 0.3 is 0 Å².